The van der Waals surface area contributed by atoms with Gasteiger partial charge in [-0.1, -0.05) is 37.5 Å². The van der Waals surface area contributed by atoms with Crippen molar-refractivity contribution in [1.29, 1.82) is 0 Å². The number of carbonyl (C=O) groups is 1. The lowest BCUT2D eigenvalue weighted by Crippen LogP contribution is -2.56. The van der Waals surface area contributed by atoms with E-state index in [1.165, 1.54) is 6.42 Å². The largest absolute Gasteiger partial charge is 0.489 e. The highest BCUT2D eigenvalue weighted by atomic mass is 35.5. The zero-order valence-corrected chi connectivity index (χ0v) is 13.3. The van der Waals surface area contributed by atoms with Gasteiger partial charge in [-0.15, -0.1) is 12.4 Å². The highest BCUT2D eigenvalue weighted by Gasteiger charge is 2.35. The number of halogens is 1. The summed E-state index contributed by atoms with van der Waals surface area (Å²) in [6.07, 6.45) is 4.76. The smallest absolute Gasteiger partial charge is 0.240 e. The standard InChI is InChI=1S/C16H24N2O2.ClH/c1-13(20-14-8-4-2-5-9-14)12-18-15(19)16(17)10-6-3-7-11-16;/h2,4-5,8-9,13H,3,6-7,10-12,17H2,1H3,(H,18,19);1H. The van der Waals surface area contributed by atoms with Crippen LogP contribution in [0.3, 0.4) is 0 Å². The van der Waals surface area contributed by atoms with Gasteiger partial charge in [0.05, 0.1) is 12.1 Å². The van der Waals surface area contributed by atoms with Gasteiger partial charge in [0.2, 0.25) is 5.91 Å². The Balaban J connectivity index is 0.00000220. The maximum atomic E-state index is 12.2. The Bertz CT molecular complexity index is 433. The highest BCUT2D eigenvalue weighted by molar-refractivity contribution is 5.86. The van der Waals surface area contributed by atoms with E-state index in [0.29, 0.717) is 6.54 Å². The van der Waals surface area contributed by atoms with Crippen molar-refractivity contribution in [3.05, 3.63) is 30.3 Å². The second-order valence-electron chi connectivity index (χ2n) is 5.67. The first-order valence-corrected chi connectivity index (χ1v) is 7.39. The minimum absolute atomic E-state index is 0. The summed E-state index contributed by atoms with van der Waals surface area (Å²) >= 11 is 0. The number of hydrogen-bond acceptors (Lipinski definition) is 3. The minimum Gasteiger partial charge on any atom is -0.489 e. The van der Waals surface area contributed by atoms with Gasteiger partial charge in [-0.05, 0) is 31.9 Å². The van der Waals surface area contributed by atoms with E-state index in [0.717, 1.165) is 31.4 Å². The fourth-order valence-corrected chi connectivity index (χ4v) is 2.60. The van der Waals surface area contributed by atoms with Crippen LogP contribution in [0.4, 0.5) is 0 Å². The number of para-hydroxylation sites is 1. The third kappa shape index (κ3) is 5.21. The maximum absolute atomic E-state index is 12.2. The van der Waals surface area contributed by atoms with Gasteiger partial charge in [-0.2, -0.15) is 0 Å². The second-order valence-corrected chi connectivity index (χ2v) is 5.67. The lowest BCUT2D eigenvalue weighted by atomic mass is 9.82. The van der Waals surface area contributed by atoms with E-state index in [2.05, 4.69) is 5.32 Å². The molecule has 1 atom stereocenters. The quantitative estimate of drug-likeness (QED) is 0.878. The van der Waals surface area contributed by atoms with Gasteiger partial charge < -0.3 is 15.8 Å². The Morgan fingerprint density at radius 2 is 1.90 bits per heavy atom. The Kier molecular flexibility index (Phi) is 6.99. The Hall–Kier alpha value is -1.26. The van der Waals surface area contributed by atoms with Crippen LogP contribution in [0, 0.1) is 0 Å². The van der Waals surface area contributed by atoms with Gasteiger partial charge in [-0.25, -0.2) is 0 Å². The van der Waals surface area contributed by atoms with E-state index in [1.807, 2.05) is 37.3 Å². The summed E-state index contributed by atoms with van der Waals surface area (Å²) in [5.74, 6) is 0.773. The Morgan fingerprint density at radius 3 is 2.52 bits per heavy atom. The first-order chi connectivity index (χ1) is 9.60. The molecule has 0 aromatic heterocycles. The van der Waals surface area contributed by atoms with Crippen molar-refractivity contribution in [2.24, 2.45) is 5.73 Å². The van der Waals surface area contributed by atoms with Crippen LogP contribution in [-0.2, 0) is 4.79 Å². The highest BCUT2D eigenvalue weighted by Crippen LogP contribution is 2.25. The van der Waals surface area contributed by atoms with E-state index in [4.69, 9.17) is 10.5 Å². The topological polar surface area (TPSA) is 64.4 Å². The second kappa shape index (κ2) is 8.25. The first-order valence-electron chi connectivity index (χ1n) is 7.39. The van der Waals surface area contributed by atoms with Crippen LogP contribution >= 0.6 is 12.4 Å². The molecule has 1 amide bonds. The number of carbonyl (C=O) groups excluding carboxylic acids is 1. The number of nitrogens with one attached hydrogen (secondary N) is 1. The van der Waals surface area contributed by atoms with E-state index >= 15 is 0 Å². The number of rotatable bonds is 5. The first kappa shape index (κ1) is 17.8. The lowest BCUT2D eigenvalue weighted by molar-refractivity contribution is -0.127. The minimum atomic E-state index is -0.676. The van der Waals surface area contributed by atoms with Gasteiger partial charge >= 0.3 is 0 Å². The summed E-state index contributed by atoms with van der Waals surface area (Å²) in [6.45, 7) is 2.42. The van der Waals surface area contributed by atoms with Crippen LogP contribution in [0.25, 0.3) is 0 Å². The molecule has 21 heavy (non-hydrogen) atoms. The van der Waals surface area contributed by atoms with Gasteiger partial charge in [0.1, 0.15) is 11.9 Å². The van der Waals surface area contributed by atoms with Crippen molar-refractivity contribution < 1.29 is 9.53 Å². The predicted octanol–water partition coefficient (Wildman–Crippen LogP) is 2.65. The number of benzene rings is 1. The zero-order chi connectivity index (χ0) is 14.4. The predicted molar refractivity (Wildman–Crippen MR) is 86.8 cm³/mol. The summed E-state index contributed by atoms with van der Waals surface area (Å²) in [7, 11) is 0. The molecule has 1 aliphatic rings. The molecule has 0 heterocycles. The molecule has 1 aliphatic carbocycles. The number of nitrogens with two attached hydrogens (primary N) is 1. The third-order valence-corrected chi connectivity index (χ3v) is 3.83. The lowest BCUT2D eigenvalue weighted by Gasteiger charge is -2.32. The summed E-state index contributed by atoms with van der Waals surface area (Å²) in [6, 6.07) is 9.61. The van der Waals surface area contributed by atoms with Gasteiger partial charge in [-0.3, -0.25) is 4.79 Å². The monoisotopic (exact) mass is 312 g/mol. The molecule has 3 N–H and O–H groups in total. The molecule has 1 fully saturated rings. The Labute approximate surface area is 132 Å². The zero-order valence-electron chi connectivity index (χ0n) is 12.5. The molecule has 1 unspecified atom stereocenters. The third-order valence-electron chi connectivity index (χ3n) is 3.83. The fraction of sp³-hybridized carbons (Fsp3) is 0.562. The average molecular weight is 313 g/mol. The average Bonchev–Trinajstić information content (AvgIpc) is 2.46. The van der Waals surface area contributed by atoms with Crippen LogP contribution < -0.4 is 15.8 Å². The molecule has 0 bridgehead atoms. The molecule has 0 aliphatic heterocycles. The van der Waals surface area contributed by atoms with Gasteiger partial charge in [0.25, 0.3) is 0 Å². The van der Waals surface area contributed by atoms with Crippen LogP contribution in [0.1, 0.15) is 39.0 Å². The maximum Gasteiger partial charge on any atom is 0.240 e. The molecule has 1 aromatic carbocycles. The van der Waals surface area contributed by atoms with Gasteiger partial charge in [0.15, 0.2) is 0 Å². The number of amides is 1. The molecular formula is C16H25ClN2O2. The number of ether oxygens (including phenoxy) is 1. The van der Waals surface area contributed by atoms with Crippen LogP contribution in [0.5, 0.6) is 5.75 Å². The normalized spacial score (nSPS) is 18.2. The molecular weight excluding hydrogens is 288 g/mol. The summed E-state index contributed by atoms with van der Waals surface area (Å²) < 4.78 is 5.73. The molecule has 4 nitrogen and oxygen atoms in total. The molecule has 0 radical (unpaired) electrons. The summed E-state index contributed by atoms with van der Waals surface area (Å²) in [4.78, 5) is 12.2. The van der Waals surface area contributed by atoms with Crippen LogP contribution in [0.2, 0.25) is 0 Å². The van der Waals surface area contributed by atoms with E-state index in [9.17, 15) is 4.79 Å². The molecule has 1 saturated carbocycles. The summed E-state index contributed by atoms with van der Waals surface area (Å²) in [5, 5.41) is 2.92. The van der Waals surface area contributed by atoms with Crippen molar-refractivity contribution in [1.82, 2.24) is 5.32 Å². The van der Waals surface area contributed by atoms with E-state index in [-0.39, 0.29) is 24.4 Å². The van der Waals surface area contributed by atoms with Crippen molar-refractivity contribution in [3.8, 4) is 5.75 Å². The van der Waals surface area contributed by atoms with Crippen molar-refractivity contribution >= 4 is 18.3 Å². The molecule has 0 saturated heterocycles. The molecule has 0 spiro atoms. The van der Waals surface area contributed by atoms with Gasteiger partial charge in [0, 0.05) is 0 Å². The van der Waals surface area contributed by atoms with Crippen molar-refractivity contribution in [2.45, 2.75) is 50.7 Å². The molecule has 118 valence electrons. The fourth-order valence-electron chi connectivity index (χ4n) is 2.60. The van der Waals surface area contributed by atoms with Crippen LogP contribution in [-0.4, -0.2) is 24.1 Å². The molecule has 2 rings (SSSR count). The molecule has 1 aromatic rings. The van der Waals surface area contributed by atoms with Crippen molar-refractivity contribution in [3.63, 3.8) is 0 Å². The SMILES string of the molecule is CC(CNC(=O)C1(N)CCCCC1)Oc1ccccc1.Cl. The van der Waals surface area contributed by atoms with Crippen molar-refractivity contribution in [2.75, 3.05) is 6.54 Å². The molecule has 5 heteroatoms. The van der Waals surface area contributed by atoms with Crippen LogP contribution in [0.15, 0.2) is 30.3 Å². The number of hydrogen-bond donors (Lipinski definition) is 2. The Morgan fingerprint density at radius 1 is 1.29 bits per heavy atom. The summed E-state index contributed by atoms with van der Waals surface area (Å²) in [5.41, 5.74) is 5.51. The van der Waals surface area contributed by atoms with E-state index in [1.54, 1.807) is 0 Å². The van der Waals surface area contributed by atoms with E-state index < -0.39 is 5.54 Å².